The average Bonchev–Trinajstić information content (AvgIpc) is 2.75. The van der Waals surface area contributed by atoms with Gasteiger partial charge in [-0.25, -0.2) is 8.42 Å². The van der Waals surface area contributed by atoms with Gasteiger partial charge in [-0.15, -0.1) is 0 Å². The molecule has 1 heterocycles. The number of hydrogen-bond donors (Lipinski definition) is 3. The van der Waals surface area contributed by atoms with Crippen LogP contribution in [0.5, 0.6) is 0 Å². The topological polar surface area (TPSA) is 118 Å². The molecular weight excluding hydrogens is 330 g/mol. The highest BCUT2D eigenvalue weighted by molar-refractivity contribution is 7.91. The molecular formula is C13H16ClN3O4S. The summed E-state index contributed by atoms with van der Waals surface area (Å²) < 4.78 is 22.6. The molecule has 1 saturated heterocycles. The summed E-state index contributed by atoms with van der Waals surface area (Å²) in [6, 6.07) is 4.21. The lowest BCUT2D eigenvalue weighted by Gasteiger charge is -2.12. The van der Waals surface area contributed by atoms with Crippen molar-refractivity contribution in [2.75, 3.05) is 23.4 Å². The molecule has 9 heteroatoms. The van der Waals surface area contributed by atoms with Gasteiger partial charge in [0.15, 0.2) is 9.84 Å². The number of carbonyl (C=O) groups is 2. The monoisotopic (exact) mass is 345 g/mol. The normalized spacial score (nSPS) is 19.6. The van der Waals surface area contributed by atoms with E-state index in [9.17, 15) is 18.0 Å². The van der Waals surface area contributed by atoms with Crippen molar-refractivity contribution in [1.29, 1.82) is 0 Å². The summed E-state index contributed by atoms with van der Waals surface area (Å²) >= 11 is 5.90. The lowest BCUT2D eigenvalue weighted by Crippen LogP contribution is -2.39. The van der Waals surface area contributed by atoms with Gasteiger partial charge in [-0.3, -0.25) is 9.59 Å². The summed E-state index contributed by atoms with van der Waals surface area (Å²) in [6.45, 7) is -0.0250. The fourth-order valence-electron chi connectivity index (χ4n) is 2.19. The molecule has 0 bridgehead atoms. The lowest BCUT2D eigenvalue weighted by molar-refractivity contribution is -0.119. The number of nitrogens with two attached hydrogens (primary N) is 1. The van der Waals surface area contributed by atoms with Crippen molar-refractivity contribution in [1.82, 2.24) is 5.32 Å². The number of sulfone groups is 1. The van der Waals surface area contributed by atoms with Crippen molar-refractivity contribution in [3.8, 4) is 0 Å². The summed E-state index contributed by atoms with van der Waals surface area (Å²) in [7, 11) is -3.02. The third-order valence-electron chi connectivity index (χ3n) is 3.29. The minimum absolute atomic E-state index is 0.0160. The number of carbonyl (C=O) groups excluding carboxylic acids is 2. The van der Waals surface area contributed by atoms with E-state index in [1.165, 1.54) is 12.1 Å². The quantitative estimate of drug-likeness (QED) is 0.702. The molecule has 2 rings (SSSR count). The van der Waals surface area contributed by atoms with E-state index >= 15 is 0 Å². The third kappa shape index (κ3) is 4.35. The van der Waals surface area contributed by atoms with Crippen LogP contribution < -0.4 is 16.4 Å². The van der Waals surface area contributed by atoms with E-state index in [4.69, 9.17) is 17.3 Å². The number of anilines is 1. The second kappa shape index (κ2) is 6.53. The highest BCUT2D eigenvalue weighted by atomic mass is 35.5. The number of primary amides is 1. The Morgan fingerprint density at radius 2 is 2.09 bits per heavy atom. The van der Waals surface area contributed by atoms with Gasteiger partial charge in [0.2, 0.25) is 11.8 Å². The maximum absolute atomic E-state index is 11.8. The zero-order valence-electron chi connectivity index (χ0n) is 11.6. The maximum Gasteiger partial charge on any atom is 0.250 e. The van der Waals surface area contributed by atoms with Crippen molar-refractivity contribution in [3.63, 3.8) is 0 Å². The summed E-state index contributed by atoms with van der Waals surface area (Å²) in [5.41, 5.74) is 5.90. The van der Waals surface area contributed by atoms with Crippen LogP contribution in [0.25, 0.3) is 0 Å². The van der Waals surface area contributed by atoms with E-state index in [0.29, 0.717) is 12.1 Å². The molecule has 1 aliphatic rings. The minimum Gasteiger partial charge on any atom is -0.376 e. The number of amides is 2. The summed E-state index contributed by atoms with van der Waals surface area (Å²) in [5, 5.41) is 5.70. The molecule has 0 radical (unpaired) electrons. The fraction of sp³-hybridized carbons (Fsp3) is 0.385. The van der Waals surface area contributed by atoms with Gasteiger partial charge in [-0.1, -0.05) is 11.6 Å². The van der Waals surface area contributed by atoms with E-state index in [1.807, 2.05) is 0 Å². The molecule has 1 fully saturated rings. The number of benzene rings is 1. The molecule has 1 aromatic rings. The molecule has 4 N–H and O–H groups in total. The van der Waals surface area contributed by atoms with Gasteiger partial charge in [0.25, 0.3) is 0 Å². The Kier molecular flexibility index (Phi) is 4.92. The number of halogens is 1. The van der Waals surface area contributed by atoms with Crippen LogP contribution >= 0.6 is 11.6 Å². The number of nitrogens with one attached hydrogen (secondary N) is 2. The second-order valence-corrected chi connectivity index (χ2v) is 7.72. The van der Waals surface area contributed by atoms with Gasteiger partial charge in [0.05, 0.1) is 28.6 Å². The van der Waals surface area contributed by atoms with Crippen LogP contribution in [0.4, 0.5) is 5.69 Å². The molecule has 0 spiro atoms. The molecule has 1 atom stereocenters. The molecule has 7 nitrogen and oxygen atoms in total. The predicted molar refractivity (Wildman–Crippen MR) is 83.7 cm³/mol. The van der Waals surface area contributed by atoms with Gasteiger partial charge in [-0.2, -0.15) is 0 Å². The van der Waals surface area contributed by atoms with E-state index < -0.39 is 15.7 Å². The predicted octanol–water partition coefficient (Wildman–Crippen LogP) is 0.154. The first kappa shape index (κ1) is 16.6. The van der Waals surface area contributed by atoms with Gasteiger partial charge in [-0.05, 0) is 24.6 Å². The molecule has 22 heavy (non-hydrogen) atoms. The standard InChI is InChI=1S/C13H16ClN3O4S/c14-11-5-8(1-2-10(11)13(15)19)16-6-12(18)17-9-3-4-22(20,21)7-9/h1-2,5,9,16H,3-4,6-7H2,(H2,15,19)(H,17,18)/t9-/m0/s1. The van der Waals surface area contributed by atoms with Crippen LogP contribution in [-0.2, 0) is 14.6 Å². The Balaban J connectivity index is 1.86. The van der Waals surface area contributed by atoms with Gasteiger partial charge in [0.1, 0.15) is 0 Å². The summed E-state index contributed by atoms with van der Waals surface area (Å²) in [5.74, 6) is -0.845. The Bertz CT molecular complexity index is 705. The minimum atomic E-state index is -3.02. The van der Waals surface area contributed by atoms with Crippen molar-refractivity contribution in [2.45, 2.75) is 12.5 Å². The maximum atomic E-state index is 11.8. The second-order valence-electron chi connectivity index (χ2n) is 5.08. The van der Waals surface area contributed by atoms with Gasteiger partial charge >= 0.3 is 0 Å². The molecule has 2 amide bonds. The van der Waals surface area contributed by atoms with Crippen LogP contribution in [0.2, 0.25) is 5.02 Å². The van der Waals surface area contributed by atoms with Gasteiger partial charge < -0.3 is 16.4 Å². The SMILES string of the molecule is NC(=O)c1ccc(NCC(=O)N[C@H]2CCS(=O)(=O)C2)cc1Cl. The van der Waals surface area contributed by atoms with Crippen molar-refractivity contribution in [2.24, 2.45) is 5.73 Å². The largest absolute Gasteiger partial charge is 0.376 e. The van der Waals surface area contributed by atoms with Gasteiger partial charge in [0, 0.05) is 11.7 Å². The first-order valence-corrected chi connectivity index (χ1v) is 8.80. The third-order valence-corrected chi connectivity index (χ3v) is 5.37. The number of hydrogen-bond acceptors (Lipinski definition) is 5. The first-order chi connectivity index (χ1) is 10.3. The number of rotatable bonds is 5. The molecule has 0 saturated carbocycles. The van der Waals surface area contributed by atoms with Crippen molar-refractivity contribution >= 4 is 38.9 Å². The van der Waals surface area contributed by atoms with E-state index in [-0.39, 0.29) is 40.6 Å². The fourth-order valence-corrected chi connectivity index (χ4v) is 4.14. The Hall–Kier alpha value is -1.80. The molecule has 120 valence electrons. The van der Waals surface area contributed by atoms with Crippen LogP contribution in [0.1, 0.15) is 16.8 Å². The average molecular weight is 346 g/mol. The Morgan fingerprint density at radius 1 is 1.36 bits per heavy atom. The zero-order valence-corrected chi connectivity index (χ0v) is 13.2. The van der Waals surface area contributed by atoms with E-state index in [1.54, 1.807) is 6.07 Å². The van der Waals surface area contributed by atoms with E-state index in [2.05, 4.69) is 10.6 Å². The first-order valence-electron chi connectivity index (χ1n) is 6.60. The molecule has 1 aliphatic heterocycles. The van der Waals surface area contributed by atoms with Crippen molar-refractivity contribution < 1.29 is 18.0 Å². The Morgan fingerprint density at radius 3 is 2.64 bits per heavy atom. The Labute approximate surface area is 133 Å². The summed E-state index contributed by atoms with van der Waals surface area (Å²) in [6.07, 6.45) is 0.438. The van der Waals surface area contributed by atoms with Crippen LogP contribution in [0, 0.1) is 0 Å². The van der Waals surface area contributed by atoms with Crippen LogP contribution in [0.3, 0.4) is 0 Å². The molecule has 0 unspecified atom stereocenters. The van der Waals surface area contributed by atoms with Crippen LogP contribution in [0.15, 0.2) is 18.2 Å². The lowest BCUT2D eigenvalue weighted by atomic mass is 10.2. The molecule has 1 aromatic carbocycles. The zero-order chi connectivity index (χ0) is 16.3. The van der Waals surface area contributed by atoms with Crippen LogP contribution in [-0.4, -0.2) is 44.3 Å². The molecule has 0 aliphatic carbocycles. The van der Waals surface area contributed by atoms with E-state index in [0.717, 1.165) is 0 Å². The molecule has 0 aromatic heterocycles. The summed E-state index contributed by atoms with van der Waals surface area (Å²) in [4.78, 5) is 22.8. The highest BCUT2D eigenvalue weighted by Crippen LogP contribution is 2.20. The highest BCUT2D eigenvalue weighted by Gasteiger charge is 2.28. The van der Waals surface area contributed by atoms with Crippen molar-refractivity contribution in [3.05, 3.63) is 28.8 Å². The smallest absolute Gasteiger partial charge is 0.250 e.